The molecule has 2 aromatic rings. The average Bonchev–Trinajstić information content (AvgIpc) is 2.31. The Morgan fingerprint density at radius 1 is 1.33 bits per heavy atom. The third kappa shape index (κ3) is 0.845. The lowest BCUT2D eigenvalue weighted by molar-refractivity contribution is 0.874. The van der Waals surface area contributed by atoms with E-state index in [9.17, 15) is 0 Å². The molecule has 2 aromatic heterocycles. The number of fused-ring (bicyclic) bond motifs is 1. The average molecular weight is 162 g/mol. The lowest BCUT2D eigenvalue weighted by Gasteiger charge is -1.95. The number of rotatable bonds is 0. The minimum absolute atomic E-state index is 0.533. The summed E-state index contributed by atoms with van der Waals surface area (Å²) in [6, 6.07) is 3.64. The smallest absolute Gasteiger partial charge is 0.162 e. The van der Waals surface area contributed by atoms with E-state index >= 15 is 0 Å². The Labute approximate surface area is 70.0 Å². The summed E-state index contributed by atoms with van der Waals surface area (Å²) in [5.41, 5.74) is 7.28. The number of nitrogens with two attached hydrogens (primary N) is 1. The maximum atomic E-state index is 5.55. The van der Waals surface area contributed by atoms with Gasteiger partial charge in [-0.3, -0.25) is 0 Å². The van der Waals surface area contributed by atoms with Gasteiger partial charge in [0.15, 0.2) is 5.65 Å². The molecule has 0 aliphatic rings. The van der Waals surface area contributed by atoms with Crippen molar-refractivity contribution in [3.63, 3.8) is 0 Å². The van der Waals surface area contributed by atoms with Crippen LogP contribution in [0.3, 0.4) is 0 Å². The fourth-order valence-electron chi connectivity index (χ4n) is 1.19. The van der Waals surface area contributed by atoms with E-state index in [1.807, 2.05) is 24.6 Å². The van der Waals surface area contributed by atoms with Crippen molar-refractivity contribution in [3.8, 4) is 0 Å². The number of aromatic nitrogens is 3. The molecule has 12 heavy (non-hydrogen) atoms. The Hall–Kier alpha value is -1.58. The molecule has 0 unspecified atom stereocenters. The molecule has 0 aliphatic heterocycles. The van der Waals surface area contributed by atoms with Crippen LogP contribution in [0.15, 0.2) is 12.1 Å². The van der Waals surface area contributed by atoms with Gasteiger partial charge in [-0.25, -0.2) is 9.97 Å². The Morgan fingerprint density at radius 2 is 2.08 bits per heavy atom. The zero-order valence-electron chi connectivity index (χ0n) is 7.07. The third-order valence-electron chi connectivity index (χ3n) is 1.96. The van der Waals surface area contributed by atoms with Crippen molar-refractivity contribution in [1.29, 1.82) is 0 Å². The Bertz CT molecular complexity index is 430. The summed E-state index contributed by atoms with van der Waals surface area (Å²) in [7, 11) is 1.93. The second-order valence-corrected chi connectivity index (χ2v) is 2.80. The van der Waals surface area contributed by atoms with Crippen LogP contribution in [0.5, 0.6) is 0 Å². The molecule has 0 aromatic carbocycles. The van der Waals surface area contributed by atoms with Gasteiger partial charge in [0.05, 0.1) is 0 Å². The fraction of sp³-hybridized carbons (Fsp3) is 0.250. The fourth-order valence-corrected chi connectivity index (χ4v) is 1.19. The lowest BCUT2D eigenvalue weighted by Crippen LogP contribution is -1.95. The van der Waals surface area contributed by atoms with Crippen molar-refractivity contribution in [1.82, 2.24) is 14.5 Å². The van der Waals surface area contributed by atoms with E-state index < -0.39 is 0 Å². The molecule has 2 rings (SSSR count). The number of aryl methyl sites for hydroxylation is 2. The number of hydrogen-bond acceptors (Lipinski definition) is 3. The van der Waals surface area contributed by atoms with Crippen molar-refractivity contribution in [3.05, 3.63) is 18.0 Å². The lowest BCUT2D eigenvalue weighted by atomic mass is 10.4. The summed E-state index contributed by atoms with van der Waals surface area (Å²) < 4.78 is 1.92. The van der Waals surface area contributed by atoms with Gasteiger partial charge in [-0.15, -0.1) is 0 Å². The van der Waals surface area contributed by atoms with Crippen LogP contribution >= 0.6 is 0 Å². The Kier molecular flexibility index (Phi) is 1.30. The van der Waals surface area contributed by atoms with Crippen LogP contribution < -0.4 is 5.73 Å². The molecular weight excluding hydrogens is 152 g/mol. The standard InChI is InChI=1S/C8H10N4/c1-5-10-6-3-4-7(9)11-8(6)12(5)2/h3-4H,1-2H3,(H2,9,11). The van der Waals surface area contributed by atoms with Gasteiger partial charge < -0.3 is 10.3 Å². The van der Waals surface area contributed by atoms with Crippen LogP contribution in [0.1, 0.15) is 5.82 Å². The van der Waals surface area contributed by atoms with Gasteiger partial charge >= 0.3 is 0 Å². The molecule has 0 fully saturated rings. The topological polar surface area (TPSA) is 56.7 Å². The van der Waals surface area contributed by atoms with E-state index in [2.05, 4.69) is 9.97 Å². The van der Waals surface area contributed by atoms with Crippen LogP contribution in [-0.2, 0) is 7.05 Å². The first kappa shape index (κ1) is 7.09. The Balaban J connectivity index is 2.88. The number of pyridine rings is 1. The summed E-state index contributed by atoms with van der Waals surface area (Å²) in [4.78, 5) is 8.47. The molecule has 0 bridgehead atoms. The normalized spacial score (nSPS) is 10.8. The molecule has 0 aliphatic carbocycles. The largest absolute Gasteiger partial charge is 0.384 e. The van der Waals surface area contributed by atoms with Gasteiger partial charge in [0.25, 0.3) is 0 Å². The second-order valence-electron chi connectivity index (χ2n) is 2.80. The summed E-state index contributed by atoms with van der Waals surface area (Å²) in [5.74, 6) is 1.48. The molecule has 2 heterocycles. The minimum Gasteiger partial charge on any atom is -0.384 e. The maximum Gasteiger partial charge on any atom is 0.162 e. The molecule has 0 amide bonds. The number of nitrogens with zero attached hydrogens (tertiary/aromatic N) is 3. The highest BCUT2D eigenvalue weighted by atomic mass is 15.1. The summed E-state index contributed by atoms with van der Waals surface area (Å²) in [6.07, 6.45) is 0. The second kappa shape index (κ2) is 2.20. The number of imidazole rings is 1. The first-order chi connectivity index (χ1) is 5.68. The highest BCUT2D eigenvalue weighted by molar-refractivity contribution is 5.73. The summed E-state index contributed by atoms with van der Waals surface area (Å²) in [6.45, 7) is 1.94. The van der Waals surface area contributed by atoms with Gasteiger partial charge in [0.2, 0.25) is 0 Å². The monoisotopic (exact) mass is 162 g/mol. The highest BCUT2D eigenvalue weighted by Crippen LogP contribution is 2.12. The molecule has 62 valence electrons. The number of anilines is 1. The zero-order valence-corrected chi connectivity index (χ0v) is 7.07. The first-order valence-electron chi connectivity index (χ1n) is 3.74. The molecule has 0 spiro atoms. The SMILES string of the molecule is Cc1nc2ccc(N)nc2n1C. The molecule has 0 radical (unpaired) electrons. The zero-order chi connectivity index (χ0) is 8.72. The summed E-state index contributed by atoms with van der Waals surface area (Å²) in [5, 5.41) is 0. The van der Waals surface area contributed by atoms with E-state index in [1.165, 1.54) is 0 Å². The quantitative estimate of drug-likeness (QED) is 0.625. The van der Waals surface area contributed by atoms with Crippen molar-refractivity contribution in [2.75, 3.05) is 5.73 Å². The van der Waals surface area contributed by atoms with E-state index in [-0.39, 0.29) is 0 Å². The molecule has 4 heteroatoms. The first-order valence-corrected chi connectivity index (χ1v) is 3.74. The van der Waals surface area contributed by atoms with Gasteiger partial charge in [-0.1, -0.05) is 0 Å². The molecule has 0 atom stereocenters. The third-order valence-corrected chi connectivity index (χ3v) is 1.96. The van der Waals surface area contributed by atoms with Crippen molar-refractivity contribution < 1.29 is 0 Å². The molecule has 4 nitrogen and oxygen atoms in total. The van der Waals surface area contributed by atoms with Crippen molar-refractivity contribution in [2.24, 2.45) is 7.05 Å². The van der Waals surface area contributed by atoms with Crippen LogP contribution in [0, 0.1) is 6.92 Å². The maximum absolute atomic E-state index is 5.55. The molecular formula is C8H10N4. The van der Waals surface area contributed by atoms with E-state index in [0.29, 0.717) is 5.82 Å². The highest BCUT2D eigenvalue weighted by Gasteiger charge is 2.04. The molecule has 0 saturated heterocycles. The number of nitrogen functional groups attached to an aromatic ring is 1. The minimum atomic E-state index is 0.533. The van der Waals surface area contributed by atoms with Gasteiger partial charge in [0, 0.05) is 7.05 Å². The van der Waals surface area contributed by atoms with Crippen LogP contribution in [-0.4, -0.2) is 14.5 Å². The van der Waals surface area contributed by atoms with Crippen molar-refractivity contribution in [2.45, 2.75) is 6.92 Å². The van der Waals surface area contributed by atoms with Crippen LogP contribution in [0.2, 0.25) is 0 Å². The Morgan fingerprint density at radius 3 is 2.83 bits per heavy atom. The summed E-state index contributed by atoms with van der Waals surface area (Å²) >= 11 is 0. The van der Waals surface area contributed by atoms with Crippen molar-refractivity contribution >= 4 is 17.0 Å². The molecule has 2 N–H and O–H groups in total. The predicted octanol–water partition coefficient (Wildman–Crippen LogP) is 0.859. The van der Waals surface area contributed by atoms with Gasteiger partial charge in [-0.05, 0) is 19.1 Å². The number of hydrogen-bond donors (Lipinski definition) is 1. The van der Waals surface area contributed by atoms with Gasteiger partial charge in [-0.2, -0.15) is 0 Å². The predicted molar refractivity (Wildman–Crippen MR) is 47.7 cm³/mol. The molecule has 0 saturated carbocycles. The van der Waals surface area contributed by atoms with Gasteiger partial charge in [0.1, 0.15) is 17.2 Å². The van der Waals surface area contributed by atoms with E-state index in [0.717, 1.165) is 17.0 Å². The van der Waals surface area contributed by atoms with Crippen LogP contribution in [0.25, 0.3) is 11.2 Å². The van der Waals surface area contributed by atoms with E-state index in [4.69, 9.17) is 5.73 Å². The van der Waals surface area contributed by atoms with Crippen LogP contribution in [0.4, 0.5) is 5.82 Å². The van der Waals surface area contributed by atoms with E-state index in [1.54, 1.807) is 6.07 Å².